The fourth-order valence-electron chi connectivity index (χ4n) is 2.96. The molecule has 128 valence electrons. The van der Waals surface area contributed by atoms with Gasteiger partial charge in [0.1, 0.15) is 18.5 Å². The van der Waals surface area contributed by atoms with Crippen LogP contribution in [0.4, 0.5) is 0 Å². The van der Waals surface area contributed by atoms with Crippen LogP contribution in [0.25, 0.3) is 0 Å². The maximum atomic E-state index is 12.5. The maximum absolute atomic E-state index is 12.5. The summed E-state index contributed by atoms with van der Waals surface area (Å²) in [5.41, 5.74) is 0.406. The number of fused-ring (bicyclic) bond motifs is 1. The van der Waals surface area contributed by atoms with Crippen LogP contribution in [0.5, 0.6) is 0 Å². The van der Waals surface area contributed by atoms with E-state index in [0.29, 0.717) is 37.6 Å². The maximum Gasteiger partial charge on any atom is 0.253 e. The lowest BCUT2D eigenvalue weighted by Gasteiger charge is -2.19. The van der Waals surface area contributed by atoms with Crippen LogP contribution >= 0.6 is 0 Å². The molecule has 0 radical (unpaired) electrons. The summed E-state index contributed by atoms with van der Waals surface area (Å²) in [6, 6.07) is 1.48. The van der Waals surface area contributed by atoms with Crippen LogP contribution in [0, 0.1) is 0 Å². The van der Waals surface area contributed by atoms with E-state index in [-0.39, 0.29) is 17.4 Å². The summed E-state index contributed by atoms with van der Waals surface area (Å²) >= 11 is 0. The number of hydrogen-bond acceptors (Lipinski definition) is 6. The van der Waals surface area contributed by atoms with Gasteiger partial charge >= 0.3 is 0 Å². The molecule has 10 heteroatoms. The second-order valence-electron chi connectivity index (χ2n) is 6.18. The van der Waals surface area contributed by atoms with Crippen molar-refractivity contribution in [1.82, 2.24) is 28.6 Å². The lowest BCUT2D eigenvalue weighted by atomic mass is 10.3. The number of aromatic nitrogens is 5. The quantitative estimate of drug-likeness (QED) is 0.742. The molecule has 3 heterocycles. The molecule has 0 amide bonds. The third-order valence-corrected chi connectivity index (χ3v) is 6.69. The van der Waals surface area contributed by atoms with Gasteiger partial charge in [-0.25, -0.2) is 23.1 Å². The van der Waals surface area contributed by atoms with Crippen molar-refractivity contribution >= 4 is 10.0 Å². The molecule has 2 aliphatic rings. The monoisotopic (exact) mass is 350 g/mol. The first kappa shape index (κ1) is 15.5. The van der Waals surface area contributed by atoms with Crippen molar-refractivity contribution in [2.24, 2.45) is 0 Å². The molecule has 2 aromatic heterocycles. The highest BCUT2D eigenvalue weighted by molar-refractivity contribution is 7.90. The first-order chi connectivity index (χ1) is 11.5. The second-order valence-corrected chi connectivity index (χ2v) is 8.39. The smallest absolute Gasteiger partial charge is 0.253 e. The minimum absolute atomic E-state index is 0.152. The molecule has 0 saturated heterocycles. The zero-order valence-corrected chi connectivity index (χ0v) is 13.9. The normalized spacial score (nSPS) is 19.0. The third kappa shape index (κ3) is 2.86. The summed E-state index contributed by atoms with van der Waals surface area (Å²) in [7, 11) is -3.28. The molecule has 1 aliphatic carbocycles. The van der Waals surface area contributed by atoms with Gasteiger partial charge < -0.3 is 0 Å². The summed E-state index contributed by atoms with van der Waals surface area (Å²) in [6.07, 6.45) is 5.04. The molecule has 0 N–H and O–H groups in total. The van der Waals surface area contributed by atoms with E-state index in [4.69, 9.17) is 0 Å². The Hall–Kier alpha value is -2.07. The molecule has 0 aromatic carbocycles. The van der Waals surface area contributed by atoms with Gasteiger partial charge in [-0.15, -0.1) is 0 Å². The van der Waals surface area contributed by atoms with E-state index >= 15 is 0 Å². The number of rotatable bonds is 4. The predicted octanol–water partition coefficient (Wildman–Crippen LogP) is -0.419. The van der Waals surface area contributed by atoms with Crippen molar-refractivity contribution in [1.29, 1.82) is 0 Å². The fraction of sp³-hybridized carbons (Fsp3) is 0.571. The van der Waals surface area contributed by atoms with E-state index in [2.05, 4.69) is 15.1 Å². The third-order valence-electron chi connectivity index (χ3n) is 4.34. The predicted molar refractivity (Wildman–Crippen MR) is 84.6 cm³/mol. The number of nitrogens with zero attached hydrogens (tertiary/aromatic N) is 6. The van der Waals surface area contributed by atoms with Crippen LogP contribution in [0.15, 0.2) is 23.5 Å². The Bertz CT molecular complexity index is 901. The molecule has 9 nitrogen and oxygen atoms in total. The average molecular weight is 350 g/mol. The van der Waals surface area contributed by atoms with Crippen molar-refractivity contribution < 1.29 is 8.42 Å². The molecule has 2 aromatic rings. The zero-order chi connectivity index (χ0) is 16.7. The van der Waals surface area contributed by atoms with Gasteiger partial charge in [0.2, 0.25) is 10.0 Å². The van der Waals surface area contributed by atoms with Gasteiger partial charge in [0.15, 0.2) is 0 Å². The van der Waals surface area contributed by atoms with Crippen LogP contribution < -0.4 is 5.56 Å². The zero-order valence-electron chi connectivity index (χ0n) is 13.1. The average Bonchev–Trinajstić information content (AvgIpc) is 3.31. The molecule has 24 heavy (non-hydrogen) atoms. The van der Waals surface area contributed by atoms with Crippen LogP contribution in [0.3, 0.4) is 0 Å². The van der Waals surface area contributed by atoms with Gasteiger partial charge in [-0.2, -0.15) is 9.40 Å². The summed E-state index contributed by atoms with van der Waals surface area (Å²) < 4.78 is 29.7. The summed E-state index contributed by atoms with van der Waals surface area (Å²) in [4.78, 5) is 20.8. The van der Waals surface area contributed by atoms with Crippen molar-refractivity contribution in [2.45, 2.75) is 44.1 Å². The Morgan fingerprint density at radius 2 is 2.08 bits per heavy atom. The first-order valence-corrected chi connectivity index (χ1v) is 9.45. The first-order valence-electron chi connectivity index (χ1n) is 7.95. The van der Waals surface area contributed by atoms with Gasteiger partial charge in [0, 0.05) is 19.2 Å². The van der Waals surface area contributed by atoms with Crippen LogP contribution in [0.1, 0.15) is 30.8 Å². The van der Waals surface area contributed by atoms with Crippen molar-refractivity contribution in [3.05, 3.63) is 40.6 Å². The summed E-state index contributed by atoms with van der Waals surface area (Å²) in [5, 5.41) is 3.75. The van der Waals surface area contributed by atoms with Crippen molar-refractivity contribution in [3.8, 4) is 0 Å². The van der Waals surface area contributed by atoms with Gasteiger partial charge in [0.25, 0.3) is 5.56 Å². The standard InChI is InChI=1S/C14H18N6O3S/c21-14-6-11(7-18-10-15-9-16-18)17-13-8-19(4-1-5-20(13)14)24(22,23)12-2-3-12/h6,9-10,12H,1-5,7-8H2. The van der Waals surface area contributed by atoms with Crippen molar-refractivity contribution in [2.75, 3.05) is 6.54 Å². The SMILES string of the molecule is O=c1cc(Cn2cncn2)nc2n1CCCN(S(=O)(=O)C1CC1)C2. The van der Waals surface area contributed by atoms with E-state index in [1.807, 2.05) is 0 Å². The molecule has 0 atom stereocenters. The van der Waals surface area contributed by atoms with E-state index in [0.717, 1.165) is 12.8 Å². The summed E-state index contributed by atoms with van der Waals surface area (Å²) in [6.45, 7) is 1.40. The van der Waals surface area contributed by atoms with E-state index in [9.17, 15) is 13.2 Å². The Morgan fingerprint density at radius 3 is 2.79 bits per heavy atom. The van der Waals surface area contributed by atoms with Crippen molar-refractivity contribution in [3.63, 3.8) is 0 Å². The Labute approximate surface area is 139 Å². The molecule has 1 aliphatic heterocycles. The highest BCUT2D eigenvalue weighted by Gasteiger charge is 2.40. The minimum Gasteiger partial charge on any atom is -0.295 e. The van der Waals surface area contributed by atoms with E-state index < -0.39 is 10.0 Å². The molecule has 1 saturated carbocycles. The van der Waals surface area contributed by atoms with Crippen LogP contribution in [-0.2, 0) is 29.7 Å². The highest BCUT2D eigenvalue weighted by atomic mass is 32.2. The number of sulfonamides is 1. The van der Waals surface area contributed by atoms with Crippen LogP contribution in [-0.4, -0.2) is 48.8 Å². The fourth-order valence-corrected chi connectivity index (χ4v) is 4.80. The Balaban J connectivity index is 1.67. The minimum atomic E-state index is -3.28. The topological polar surface area (TPSA) is 103 Å². The molecule has 4 rings (SSSR count). The van der Waals surface area contributed by atoms with Gasteiger partial charge in [-0.1, -0.05) is 0 Å². The second kappa shape index (κ2) is 5.78. The highest BCUT2D eigenvalue weighted by Crippen LogP contribution is 2.32. The molecule has 0 spiro atoms. The molecule has 1 fully saturated rings. The largest absolute Gasteiger partial charge is 0.295 e. The lowest BCUT2D eigenvalue weighted by Crippen LogP contribution is -2.34. The van der Waals surface area contributed by atoms with Gasteiger partial charge in [-0.05, 0) is 19.3 Å². The van der Waals surface area contributed by atoms with Gasteiger partial charge in [0.05, 0.1) is 24.0 Å². The molecule has 0 bridgehead atoms. The van der Waals surface area contributed by atoms with Crippen LogP contribution in [0.2, 0.25) is 0 Å². The molecule has 0 unspecified atom stereocenters. The Morgan fingerprint density at radius 1 is 1.25 bits per heavy atom. The number of hydrogen-bond donors (Lipinski definition) is 0. The van der Waals surface area contributed by atoms with Gasteiger partial charge in [-0.3, -0.25) is 9.36 Å². The summed E-state index contributed by atoms with van der Waals surface area (Å²) in [5.74, 6) is 0.499. The lowest BCUT2D eigenvalue weighted by molar-refractivity contribution is 0.405. The van der Waals surface area contributed by atoms with E-state index in [1.165, 1.54) is 16.7 Å². The Kier molecular flexibility index (Phi) is 3.72. The van der Waals surface area contributed by atoms with E-state index in [1.54, 1.807) is 15.6 Å². The molecular weight excluding hydrogens is 332 g/mol. The molecular formula is C14H18N6O3S.